The number of hydrogen-bond donors (Lipinski definition) is 1. The van der Waals surface area contributed by atoms with Gasteiger partial charge in [-0.05, 0) is 68.7 Å². The Morgan fingerprint density at radius 1 is 1.40 bits per heavy atom. The third-order valence-electron chi connectivity index (χ3n) is 3.21. The van der Waals surface area contributed by atoms with Crippen LogP contribution in [0.1, 0.15) is 30.0 Å². The van der Waals surface area contributed by atoms with Crippen molar-refractivity contribution in [2.24, 2.45) is 7.05 Å². The summed E-state index contributed by atoms with van der Waals surface area (Å²) in [5.74, 6) is 0. The molecule has 1 aromatic heterocycles. The lowest BCUT2D eigenvalue weighted by molar-refractivity contribution is 0.175. The number of aromatic nitrogens is 2. The van der Waals surface area contributed by atoms with Gasteiger partial charge >= 0.3 is 0 Å². The summed E-state index contributed by atoms with van der Waals surface area (Å²) in [7, 11) is 1.91. The van der Waals surface area contributed by atoms with Crippen LogP contribution >= 0.6 is 54.5 Å². The number of aryl methyl sites for hydroxylation is 2. The van der Waals surface area contributed by atoms with Crippen molar-refractivity contribution in [3.8, 4) is 0 Å². The minimum atomic E-state index is -0.560. The number of hydrogen-bond acceptors (Lipinski definition) is 2. The smallest absolute Gasteiger partial charge is 0.0857 e. The van der Waals surface area contributed by atoms with Crippen molar-refractivity contribution in [3.63, 3.8) is 0 Å². The van der Waals surface area contributed by atoms with E-state index in [-0.39, 0.29) is 0 Å². The van der Waals surface area contributed by atoms with Gasteiger partial charge < -0.3 is 5.11 Å². The van der Waals surface area contributed by atoms with Crippen LogP contribution in [0.4, 0.5) is 0 Å². The number of aliphatic hydroxyl groups is 1. The molecule has 0 radical (unpaired) electrons. The van der Waals surface area contributed by atoms with Crippen molar-refractivity contribution in [1.82, 2.24) is 9.78 Å². The van der Waals surface area contributed by atoms with Gasteiger partial charge in [0, 0.05) is 21.5 Å². The van der Waals surface area contributed by atoms with Crippen LogP contribution in [-0.4, -0.2) is 14.9 Å². The van der Waals surface area contributed by atoms with Crippen LogP contribution < -0.4 is 0 Å². The van der Waals surface area contributed by atoms with Crippen LogP contribution in [0.2, 0.25) is 0 Å². The number of benzene rings is 1. The van der Waals surface area contributed by atoms with E-state index >= 15 is 0 Å². The lowest BCUT2D eigenvalue weighted by atomic mass is 10.0. The molecule has 0 saturated carbocycles. The minimum Gasteiger partial charge on any atom is -0.388 e. The van der Waals surface area contributed by atoms with Gasteiger partial charge in [0.1, 0.15) is 0 Å². The summed E-state index contributed by atoms with van der Waals surface area (Å²) in [5.41, 5.74) is 2.94. The summed E-state index contributed by atoms with van der Waals surface area (Å²) in [6, 6.07) is 5.98. The van der Waals surface area contributed by atoms with E-state index in [1.54, 1.807) is 0 Å². The standard InChI is InChI=1S/C14H15Br2IN2O/c1-3-11-14(16)12(19(2)18-11)7-13(20)9-6-8(17)4-5-10(9)15/h4-6,13,20H,3,7H2,1-2H3. The van der Waals surface area contributed by atoms with E-state index in [1.165, 1.54) is 0 Å². The quantitative estimate of drug-likeness (QED) is 0.616. The topological polar surface area (TPSA) is 38.0 Å². The molecule has 1 N–H and O–H groups in total. The third-order valence-corrected chi connectivity index (χ3v) is 5.52. The van der Waals surface area contributed by atoms with Crippen LogP contribution in [0.25, 0.3) is 0 Å². The van der Waals surface area contributed by atoms with Crippen LogP contribution in [-0.2, 0) is 19.9 Å². The van der Waals surface area contributed by atoms with Crippen LogP contribution in [0.5, 0.6) is 0 Å². The first kappa shape index (κ1) is 16.5. The molecule has 0 spiro atoms. The molecule has 2 aromatic rings. The van der Waals surface area contributed by atoms with Gasteiger partial charge in [-0.1, -0.05) is 22.9 Å². The lowest BCUT2D eigenvalue weighted by Crippen LogP contribution is -2.07. The molecule has 6 heteroatoms. The molecular weight excluding hydrogens is 499 g/mol. The fraction of sp³-hybridized carbons (Fsp3) is 0.357. The Morgan fingerprint density at radius 3 is 2.70 bits per heavy atom. The van der Waals surface area contributed by atoms with Crippen molar-refractivity contribution in [3.05, 3.63) is 47.7 Å². The second-order valence-electron chi connectivity index (χ2n) is 4.57. The summed E-state index contributed by atoms with van der Waals surface area (Å²) in [6.45, 7) is 2.07. The minimum absolute atomic E-state index is 0.531. The van der Waals surface area contributed by atoms with Gasteiger partial charge in [-0.2, -0.15) is 5.10 Å². The lowest BCUT2D eigenvalue weighted by Gasteiger charge is -2.14. The first-order chi connectivity index (χ1) is 9.43. The van der Waals surface area contributed by atoms with E-state index in [4.69, 9.17) is 0 Å². The Balaban J connectivity index is 2.30. The van der Waals surface area contributed by atoms with E-state index in [1.807, 2.05) is 29.9 Å². The summed E-state index contributed by atoms with van der Waals surface area (Å²) in [6.07, 6.45) is 0.843. The molecular formula is C14H15Br2IN2O. The normalized spacial score (nSPS) is 12.7. The highest BCUT2D eigenvalue weighted by molar-refractivity contribution is 14.1. The van der Waals surface area contributed by atoms with Crippen LogP contribution in [0.3, 0.4) is 0 Å². The molecule has 0 bridgehead atoms. The SMILES string of the molecule is CCc1nn(C)c(CC(O)c2cc(I)ccc2Br)c1Br. The number of halogens is 3. The molecule has 1 aromatic carbocycles. The number of nitrogens with zero attached hydrogens (tertiary/aromatic N) is 2. The average Bonchev–Trinajstić information content (AvgIpc) is 2.68. The van der Waals surface area contributed by atoms with Gasteiger partial charge in [0.25, 0.3) is 0 Å². The molecule has 0 fully saturated rings. The molecule has 0 aliphatic rings. The first-order valence-corrected chi connectivity index (χ1v) is 8.93. The maximum atomic E-state index is 10.5. The van der Waals surface area contributed by atoms with Crippen molar-refractivity contribution in [2.45, 2.75) is 25.9 Å². The zero-order valence-electron chi connectivity index (χ0n) is 11.2. The Bertz CT molecular complexity index is 628. The van der Waals surface area contributed by atoms with E-state index < -0.39 is 6.10 Å². The second kappa shape index (κ2) is 6.89. The summed E-state index contributed by atoms with van der Waals surface area (Å²) < 4.78 is 4.88. The Hall–Kier alpha value is 0.0800. The maximum absolute atomic E-state index is 10.5. The summed E-state index contributed by atoms with van der Waals surface area (Å²) in [4.78, 5) is 0. The highest BCUT2D eigenvalue weighted by Crippen LogP contribution is 2.30. The third kappa shape index (κ3) is 3.45. The molecule has 108 valence electrons. The largest absolute Gasteiger partial charge is 0.388 e. The highest BCUT2D eigenvalue weighted by Gasteiger charge is 2.19. The molecule has 1 atom stereocenters. The van der Waals surface area contributed by atoms with Gasteiger partial charge in [0.2, 0.25) is 0 Å². The summed E-state index contributed by atoms with van der Waals surface area (Å²) in [5, 5.41) is 15.0. The van der Waals surface area contributed by atoms with Crippen molar-refractivity contribution < 1.29 is 5.11 Å². The second-order valence-corrected chi connectivity index (χ2v) is 7.46. The Morgan fingerprint density at radius 2 is 2.10 bits per heavy atom. The Labute approximate surface area is 149 Å². The van der Waals surface area contributed by atoms with Crippen molar-refractivity contribution in [1.29, 1.82) is 0 Å². The number of rotatable bonds is 4. The maximum Gasteiger partial charge on any atom is 0.0857 e. The van der Waals surface area contributed by atoms with E-state index in [9.17, 15) is 5.11 Å². The fourth-order valence-corrected chi connectivity index (χ4v) is 3.91. The van der Waals surface area contributed by atoms with Gasteiger partial charge in [0.05, 0.1) is 22.0 Å². The predicted molar refractivity (Wildman–Crippen MR) is 95.8 cm³/mol. The van der Waals surface area contributed by atoms with E-state index in [0.29, 0.717) is 6.42 Å². The van der Waals surface area contributed by atoms with Gasteiger partial charge in [-0.15, -0.1) is 0 Å². The molecule has 20 heavy (non-hydrogen) atoms. The molecule has 0 saturated heterocycles. The molecule has 0 aliphatic carbocycles. The monoisotopic (exact) mass is 512 g/mol. The molecule has 3 nitrogen and oxygen atoms in total. The number of aliphatic hydroxyl groups excluding tert-OH is 1. The molecule has 0 amide bonds. The first-order valence-electron chi connectivity index (χ1n) is 6.27. The molecule has 0 aliphatic heterocycles. The average molecular weight is 514 g/mol. The van der Waals surface area contributed by atoms with Gasteiger partial charge in [-0.25, -0.2) is 0 Å². The summed E-state index contributed by atoms with van der Waals surface area (Å²) >= 11 is 9.34. The zero-order chi connectivity index (χ0) is 14.9. The van der Waals surface area contributed by atoms with Crippen molar-refractivity contribution in [2.75, 3.05) is 0 Å². The Kier molecular flexibility index (Phi) is 5.67. The molecule has 1 heterocycles. The fourth-order valence-electron chi connectivity index (χ4n) is 2.10. The molecule has 2 rings (SSSR count). The van der Waals surface area contributed by atoms with Crippen LogP contribution in [0.15, 0.2) is 27.1 Å². The van der Waals surface area contributed by atoms with Crippen molar-refractivity contribution >= 4 is 54.5 Å². The zero-order valence-corrected chi connectivity index (χ0v) is 16.5. The predicted octanol–water partition coefficient (Wildman–Crippen LogP) is 4.39. The van der Waals surface area contributed by atoms with Gasteiger partial charge in [0.15, 0.2) is 0 Å². The van der Waals surface area contributed by atoms with Crippen LogP contribution in [0, 0.1) is 3.57 Å². The van der Waals surface area contributed by atoms with Gasteiger partial charge in [-0.3, -0.25) is 4.68 Å². The highest BCUT2D eigenvalue weighted by atomic mass is 127. The van der Waals surface area contributed by atoms with E-state index in [2.05, 4.69) is 66.5 Å². The molecule has 1 unspecified atom stereocenters. The van der Waals surface area contributed by atoms with E-state index in [0.717, 1.165) is 35.9 Å².